The Kier molecular flexibility index (Phi) is 5.77. The van der Waals surface area contributed by atoms with E-state index in [2.05, 4.69) is 29.9 Å². The van der Waals surface area contributed by atoms with Crippen molar-refractivity contribution in [3.63, 3.8) is 0 Å². The smallest absolute Gasteiger partial charge is 0.246 e. The number of carbonyl (C=O) groups is 2. The van der Waals surface area contributed by atoms with Crippen LogP contribution in [0.1, 0.15) is 13.3 Å². The van der Waals surface area contributed by atoms with Crippen LogP contribution in [0.15, 0.2) is 0 Å². The van der Waals surface area contributed by atoms with Gasteiger partial charge in [-0.05, 0) is 20.0 Å². The minimum atomic E-state index is -0.501. The second-order valence-corrected chi connectivity index (χ2v) is 4.78. The van der Waals surface area contributed by atoms with Crippen LogP contribution < -0.4 is 5.32 Å². The van der Waals surface area contributed by atoms with Gasteiger partial charge in [-0.15, -0.1) is 0 Å². The number of likely N-dealkylation sites (N-methyl/N-ethyl adjacent to an activating group) is 1. The first-order valence-electron chi connectivity index (χ1n) is 5.90. The summed E-state index contributed by atoms with van der Waals surface area (Å²) < 4.78 is 0. The number of thiol groups is 1. The van der Waals surface area contributed by atoms with Gasteiger partial charge in [0.05, 0.1) is 0 Å². The largest absolute Gasteiger partial charge is 0.344 e. The van der Waals surface area contributed by atoms with Gasteiger partial charge in [-0.2, -0.15) is 12.6 Å². The third kappa shape index (κ3) is 4.55. The molecule has 2 amide bonds. The van der Waals surface area contributed by atoms with Gasteiger partial charge in [0.15, 0.2) is 0 Å². The van der Waals surface area contributed by atoms with Gasteiger partial charge in [-0.3, -0.25) is 9.59 Å². The molecule has 6 heteroatoms. The molecule has 0 radical (unpaired) electrons. The van der Waals surface area contributed by atoms with Crippen molar-refractivity contribution in [2.75, 3.05) is 39.0 Å². The molecule has 0 bridgehead atoms. The summed E-state index contributed by atoms with van der Waals surface area (Å²) in [4.78, 5) is 27.2. The molecule has 1 rings (SSSR count). The van der Waals surface area contributed by atoms with E-state index in [1.54, 1.807) is 0 Å². The molecule has 1 saturated heterocycles. The van der Waals surface area contributed by atoms with Crippen molar-refractivity contribution in [2.45, 2.75) is 19.4 Å². The van der Waals surface area contributed by atoms with Crippen LogP contribution in [0.4, 0.5) is 0 Å². The maximum absolute atomic E-state index is 12.2. The summed E-state index contributed by atoms with van der Waals surface area (Å²) in [6.45, 7) is 4.78. The predicted molar refractivity (Wildman–Crippen MR) is 70.2 cm³/mol. The Morgan fingerprint density at radius 2 is 2.00 bits per heavy atom. The maximum atomic E-state index is 12.2. The van der Waals surface area contributed by atoms with Crippen LogP contribution >= 0.6 is 12.6 Å². The van der Waals surface area contributed by atoms with Gasteiger partial charge in [-0.1, -0.05) is 0 Å². The Hall–Kier alpha value is -0.750. The Balaban J connectivity index is 2.57. The molecule has 1 aliphatic rings. The lowest BCUT2D eigenvalue weighted by atomic mass is 10.2. The molecule has 0 saturated carbocycles. The zero-order chi connectivity index (χ0) is 12.8. The highest BCUT2D eigenvalue weighted by atomic mass is 32.1. The standard InChI is InChI=1S/C11H21N3O2S/c1-9(15)12-10(8-17)11(16)14-5-3-4-13(2)6-7-14/h10,17H,3-8H2,1-2H3,(H,12,15). The molecule has 17 heavy (non-hydrogen) atoms. The molecule has 1 unspecified atom stereocenters. The summed E-state index contributed by atoms with van der Waals surface area (Å²) in [5, 5.41) is 2.64. The maximum Gasteiger partial charge on any atom is 0.246 e. The number of carbonyl (C=O) groups excluding carboxylic acids is 2. The highest BCUT2D eigenvalue weighted by Gasteiger charge is 2.25. The zero-order valence-electron chi connectivity index (χ0n) is 10.5. The van der Waals surface area contributed by atoms with Gasteiger partial charge in [0.1, 0.15) is 6.04 Å². The van der Waals surface area contributed by atoms with Gasteiger partial charge in [0, 0.05) is 32.3 Å². The molecule has 5 nitrogen and oxygen atoms in total. The minimum Gasteiger partial charge on any atom is -0.344 e. The first-order chi connectivity index (χ1) is 8.04. The molecule has 0 aromatic rings. The minimum absolute atomic E-state index is 0.0227. The Morgan fingerprint density at radius 1 is 1.29 bits per heavy atom. The van der Waals surface area contributed by atoms with E-state index in [1.165, 1.54) is 6.92 Å². The average Bonchev–Trinajstić information content (AvgIpc) is 2.49. The number of nitrogens with one attached hydrogen (secondary N) is 1. The predicted octanol–water partition coefficient (Wildman–Crippen LogP) is -0.415. The summed E-state index contributed by atoms with van der Waals surface area (Å²) in [6, 6.07) is -0.501. The third-order valence-electron chi connectivity index (χ3n) is 2.89. The molecule has 1 aliphatic heterocycles. The molecule has 1 atom stereocenters. The fraction of sp³-hybridized carbons (Fsp3) is 0.818. The second-order valence-electron chi connectivity index (χ2n) is 4.42. The Bertz CT molecular complexity index is 286. The van der Waals surface area contributed by atoms with E-state index in [0.717, 1.165) is 32.6 Å². The van der Waals surface area contributed by atoms with Crippen molar-refractivity contribution in [2.24, 2.45) is 0 Å². The molecular formula is C11H21N3O2S. The van der Waals surface area contributed by atoms with Crippen molar-refractivity contribution >= 4 is 24.4 Å². The number of amides is 2. The van der Waals surface area contributed by atoms with Crippen LogP contribution in [-0.4, -0.2) is 66.6 Å². The molecule has 0 spiro atoms. The lowest BCUT2D eigenvalue weighted by Crippen LogP contribution is -2.50. The lowest BCUT2D eigenvalue weighted by Gasteiger charge is -2.25. The topological polar surface area (TPSA) is 52.7 Å². The van der Waals surface area contributed by atoms with E-state index in [-0.39, 0.29) is 11.8 Å². The van der Waals surface area contributed by atoms with E-state index in [4.69, 9.17) is 0 Å². The van der Waals surface area contributed by atoms with Crippen molar-refractivity contribution in [1.29, 1.82) is 0 Å². The molecule has 1 N–H and O–H groups in total. The average molecular weight is 259 g/mol. The summed E-state index contributed by atoms with van der Waals surface area (Å²) in [7, 11) is 2.05. The molecular weight excluding hydrogens is 238 g/mol. The quantitative estimate of drug-likeness (QED) is 0.677. The normalized spacial score (nSPS) is 19.6. The number of nitrogens with zero attached hydrogens (tertiary/aromatic N) is 2. The van der Waals surface area contributed by atoms with Gasteiger partial charge in [-0.25, -0.2) is 0 Å². The molecule has 0 aromatic heterocycles. The van der Waals surface area contributed by atoms with Crippen molar-refractivity contribution in [3.8, 4) is 0 Å². The van der Waals surface area contributed by atoms with Gasteiger partial charge in [0.25, 0.3) is 0 Å². The van der Waals surface area contributed by atoms with Crippen LogP contribution in [0.5, 0.6) is 0 Å². The summed E-state index contributed by atoms with van der Waals surface area (Å²) >= 11 is 4.12. The van der Waals surface area contributed by atoms with Crippen LogP contribution in [0, 0.1) is 0 Å². The zero-order valence-corrected chi connectivity index (χ0v) is 11.4. The SMILES string of the molecule is CC(=O)NC(CS)C(=O)N1CCCN(C)CC1. The monoisotopic (exact) mass is 259 g/mol. The second kappa shape index (κ2) is 6.86. The highest BCUT2D eigenvalue weighted by Crippen LogP contribution is 2.04. The number of rotatable bonds is 3. The van der Waals surface area contributed by atoms with Crippen LogP contribution in [-0.2, 0) is 9.59 Å². The van der Waals surface area contributed by atoms with Gasteiger partial charge >= 0.3 is 0 Å². The van der Waals surface area contributed by atoms with E-state index >= 15 is 0 Å². The fourth-order valence-electron chi connectivity index (χ4n) is 1.92. The first-order valence-corrected chi connectivity index (χ1v) is 6.53. The third-order valence-corrected chi connectivity index (χ3v) is 3.25. The van der Waals surface area contributed by atoms with Crippen molar-refractivity contribution in [1.82, 2.24) is 15.1 Å². The van der Waals surface area contributed by atoms with Crippen molar-refractivity contribution in [3.05, 3.63) is 0 Å². The first kappa shape index (κ1) is 14.3. The van der Waals surface area contributed by atoms with E-state index in [9.17, 15) is 9.59 Å². The molecule has 1 heterocycles. The highest BCUT2D eigenvalue weighted by molar-refractivity contribution is 7.80. The van der Waals surface area contributed by atoms with Gasteiger partial charge in [0.2, 0.25) is 11.8 Å². The summed E-state index contributed by atoms with van der Waals surface area (Å²) in [5.74, 6) is 0.125. The van der Waals surface area contributed by atoms with E-state index in [1.807, 2.05) is 4.90 Å². The number of hydrogen-bond donors (Lipinski definition) is 2. The van der Waals surface area contributed by atoms with Crippen LogP contribution in [0.25, 0.3) is 0 Å². The number of hydrogen-bond acceptors (Lipinski definition) is 4. The summed E-state index contributed by atoms with van der Waals surface area (Å²) in [5.41, 5.74) is 0. The molecule has 0 aliphatic carbocycles. The Labute approximate surface area is 108 Å². The molecule has 1 fully saturated rings. The van der Waals surface area contributed by atoms with Crippen molar-refractivity contribution < 1.29 is 9.59 Å². The Morgan fingerprint density at radius 3 is 2.59 bits per heavy atom. The van der Waals surface area contributed by atoms with Gasteiger partial charge < -0.3 is 15.1 Å². The van der Waals surface area contributed by atoms with E-state index < -0.39 is 6.04 Å². The molecule has 0 aromatic carbocycles. The van der Waals surface area contributed by atoms with E-state index in [0.29, 0.717) is 5.75 Å². The van der Waals surface area contributed by atoms with Crippen LogP contribution in [0.2, 0.25) is 0 Å². The van der Waals surface area contributed by atoms with Crippen LogP contribution in [0.3, 0.4) is 0 Å². The fourth-order valence-corrected chi connectivity index (χ4v) is 2.17. The molecule has 98 valence electrons. The lowest BCUT2D eigenvalue weighted by molar-refractivity contribution is -0.135. The summed E-state index contributed by atoms with van der Waals surface area (Å²) in [6.07, 6.45) is 0.974.